The number of nitrogens with zero attached hydrogens (tertiary/aromatic N) is 4. The molecule has 166 valence electrons. The number of amides is 1. The Labute approximate surface area is 189 Å². The summed E-state index contributed by atoms with van der Waals surface area (Å²) in [5.41, 5.74) is 3.59. The minimum atomic E-state index is -0.0290. The van der Waals surface area contributed by atoms with Gasteiger partial charge in [0, 0.05) is 37.5 Å². The second kappa shape index (κ2) is 10.5. The lowest BCUT2D eigenvalue weighted by molar-refractivity contribution is -0.139. The molecule has 1 fully saturated rings. The second-order valence-corrected chi connectivity index (χ2v) is 8.39. The maximum absolute atomic E-state index is 13.7. The summed E-state index contributed by atoms with van der Waals surface area (Å²) in [6.07, 6.45) is 7.44. The molecule has 1 saturated carbocycles. The van der Waals surface area contributed by atoms with Crippen molar-refractivity contribution in [2.45, 2.75) is 51.8 Å². The number of aromatic nitrogens is 3. The van der Waals surface area contributed by atoms with Crippen LogP contribution in [-0.4, -0.2) is 39.0 Å². The lowest BCUT2D eigenvalue weighted by Crippen LogP contribution is -2.39. The summed E-state index contributed by atoms with van der Waals surface area (Å²) in [5.74, 6) is 0.821. The number of methoxy groups -OCH3 is 1. The van der Waals surface area contributed by atoms with E-state index in [1.807, 2.05) is 54.4 Å². The van der Waals surface area contributed by atoms with E-state index in [4.69, 9.17) is 9.72 Å². The molecule has 0 bridgehead atoms. The number of ether oxygens (including phenoxy) is 1. The first-order chi connectivity index (χ1) is 15.6. The summed E-state index contributed by atoms with van der Waals surface area (Å²) in [5, 5.41) is 0. The Morgan fingerprint density at radius 1 is 1.06 bits per heavy atom. The maximum atomic E-state index is 13.7. The van der Waals surface area contributed by atoms with E-state index in [0.29, 0.717) is 18.9 Å². The van der Waals surface area contributed by atoms with Gasteiger partial charge in [-0.1, -0.05) is 42.8 Å². The molecule has 0 radical (unpaired) electrons. The standard InChI is InChI=1S/C26H30N4O2/c1-19-28-16-23(24-13-6-7-14-27-24)25(29-19)18-30(17-20-9-4-3-5-10-20)26(31)21-11-8-12-22(15-21)32-2/h3-7,9-10,13-14,16,21-22H,8,11-12,15,17-18H2,1-2H3/t21-,22-/m0/s1. The summed E-state index contributed by atoms with van der Waals surface area (Å²) in [7, 11) is 1.74. The van der Waals surface area contributed by atoms with Crippen molar-refractivity contribution in [2.75, 3.05) is 7.11 Å². The Morgan fingerprint density at radius 3 is 2.62 bits per heavy atom. The van der Waals surface area contributed by atoms with Crippen LogP contribution in [0.4, 0.5) is 0 Å². The third-order valence-corrected chi connectivity index (χ3v) is 6.11. The molecule has 2 aromatic heterocycles. The topological polar surface area (TPSA) is 68.2 Å². The first-order valence-corrected chi connectivity index (χ1v) is 11.2. The van der Waals surface area contributed by atoms with Gasteiger partial charge in [0.05, 0.1) is 24.0 Å². The van der Waals surface area contributed by atoms with Crippen LogP contribution in [0.5, 0.6) is 0 Å². The summed E-state index contributed by atoms with van der Waals surface area (Å²) in [6.45, 7) is 2.83. The molecule has 1 amide bonds. The lowest BCUT2D eigenvalue weighted by atomic mass is 9.86. The molecule has 6 nitrogen and oxygen atoms in total. The van der Waals surface area contributed by atoms with Gasteiger partial charge in [-0.2, -0.15) is 0 Å². The molecule has 1 aliphatic rings. The maximum Gasteiger partial charge on any atom is 0.226 e. The molecule has 3 aromatic rings. The normalized spacial score (nSPS) is 18.3. The van der Waals surface area contributed by atoms with Crippen molar-refractivity contribution >= 4 is 5.91 Å². The van der Waals surface area contributed by atoms with Gasteiger partial charge >= 0.3 is 0 Å². The molecule has 0 N–H and O–H groups in total. The van der Waals surface area contributed by atoms with Crippen molar-refractivity contribution in [3.8, 4) is 11.3 Å². The summed E-state index contributed by atoms with van der Waals surface area (Å²) < 4.78 is 5.58. The fourth-order valence-electron chi connectivity index (χ4n) is 4.41. The molecule has 2 heterocycles. The molecule has 6 heteroatoms. The van der Waals surface area contributed by atoms with Crippen molar-refractivity contribution < 1.29 is 9.53 Å². The Bertz CT molecular complexity index is 1030. The van der Waals surface area contributed by atoms with E-state index in [0.717, 1.165) is 48.2 Å². The van der Waals surface area contributed by atoms with Crippen molar-refractivity contribution in [2.24, 2.45) is 5.92 Å². The number of carbonyl (C=O) groups excluding carboxylic acids is 1. The molecule has 0 unspecified atom stereocenters. The van der Waals surface area contributed by atoms with Crippen LogP contribution in [0.25, 0.3) is 11.3 Å². The predicted octanol–water partition coefficient (Wildman–Crippen LogP) is 4.58. The lowest BCUT2D eigenvalue weighted by Gasteiger charge is -2.32. The first-order valence-electron chi connectivity index (χ1n) is 11.2. The molecular weight excluding hydrogens is 400 g/mol. The number of benzene rings is 1. The monoisotopic (exact) mass is 430 g/mol. The smallest absolute Gasteiger partial charge is 0.226 e. The highest BCUT2D eigenvalue weighted by Gasteiger charge is 2.31. The van der Waals surface area contributed by atoms with E-state index < -0.39 is 0 Å². The SMILES string of the molecule is CO[C@H]1CCC[C@H](C(=O)N(Cc2ccccc2)Cc2nc(C)ncc2-c2ccccn2)C1. The van der Waals surface area contributed by atoms with Crippen LogP contribution >= 0.6 is 0 Å². The molecule has 2 atom stereocenters. The highest BCUT2D eigenvalue weighted by Crippen LogP contribution is 2.29. The third kappa shape index (κ3) is 5.37. The van der Waals surface area contributed by atoms with Crippen LogP contribution in [0, 0.1) is 12.8 Å². The van der Waals surface area contributed by atoms with Crippen LogP contribution in [0.2, 0.25) is 0 Å². The van der Waals surface area contributed by atoms with Crippen LogP contribution < -0.4 is 0 Å². The van der Waals surface area contributed by atoms with Gasteiger partial charge in [-0.25, -0.2) is 9.97 Å². The summed E-state index contributed by atoms with van der Waals surface area (Å²) >= 11 is 0. The van der Waals surface area contributed by atoms with E-state index >= 15 is 0 Å². The molecule has 1 aromatic carbocycles. The van der Waals surface area contributed by atoms with Gasteiger partial charge in [-0.3, -0.25) is 9.78 Å². The highest BCUT2D eigenvalue weighted by atomic mass is 16.5. The number of hydrogen-bond donors (Lipinski definition) is 0. The van der Waals surface area contributed by atoms with Gasteiger partial charge in [-0.05, 0) is 43.9 Å². The Balaban J connectivity index is 1.65. The minimum Gasteiger partial charge on any atom is -0.381 e. The molecule has 0 saturated heterocycles. The number of aryl methyl sites for hydroxylation is 1. The van der Waals surface area contributed by atoms with Gasteiger partial charge in [0.25, 0.3) is 0 Å². The highest BCUT2D eigenvalue weighted by molar-refractivity contribution is 5.79. The van der Waals surface area contributed by atoms with Crippen LogP contribution in [0.15, 0.2) is 60.9 Å². The Hall–Kier alpha value is -3.12. The minimum absolute atomic E-state index is 0.0290. The zero-order chi connectivity index (χ0) is 22.3. The van der Waals surface area contributed by atoms with Crippen LogP contribution in [-0.2, 0) is 22.6 Å². The van der Waals surface area contributed by atoms with Crippen LogP contribution in [0.1, 0.15) is 42.8 Å². The molecule has 1 aliphatic carbocycles. The van der Waals surface area contributed by atoms with E-state index in [-0.39, 0.29) is 17.9 Å². The van der Waals surface area contributed by atoms with E-state index in [1.165, 1.54) is 0 Å². The van der Waals surface area contributed by atoms with E-state index in [1.54, 1.807) is 13.3 Å². The molecular formula is C26H30N4O2. The van der Waals surface area contributed by atoms with Gasteiger partial charge in [-0.15, -0.1) is 0 Å². The summed E-state index contributed by atoms with van der Waals surface area (Å²) in [6, 6.07) is 15.9. The van der Waals surface area contributed by atoms with Crippen molar-refractivity contribution in [1.82, 2.24) is 19.9 Å². The number of rotatable bonds is 7. The predicted molar refractivity (Wildman–Crippen MR) is 123 cm³/mol. The van der Waals surface area contributed by atoms with Crippen molar-refractivity contribution in [1.29, 1.82) is 0 Å². The van der Waals surface area contributed by atoms with Crippen LogP contribution in [0.3, 0.4) is 0 Å². The fraction of sp³-hybridized carbons (Fsp3) is 0.385. The van der Waals surface area contributed by atoms with Crippen molar-refractivity contribution in [3.63, 3.8) is 0 Å². The molecule has 0 aliphatic heterocycles. The zero-order valence-corrected chi connectivity index (χ0v) is 18.8. The number of carbonyl (C=O) groups is 1. The molecule has 32 heavy (non-hydrogen) atoms. The van der Waals surface area contributed by atoms with E-state index in [9.17, 15) is 4.79 Å². The second-order valence-electron chi connectivity index (χ2n) is 8.39. The Kier molecular flexibility index (Phi) is 7.22. The summed E-state index contributed by atoms with van der Waals surface area (Å²) in [4.78, 5) is 29.2. The largest absolute Gasteiger partial charge is 0.381 e. The van der Waals surface area contributed by atoms with Crippen molar-refractivity contribution in [3.05, 3.63) is 78.0 Å². The van der Waals surface area contributed by atoms with E-state index in [2.05, 4.69) is 22.1 Å². The number of pyridine rings is 1. The third-order valence-electron chi connectivity index (χ3n) is 6.11. The molecule has 4 rings (SSSR count). The molecule has 0 spiro atoms. The fourth-order valence-corrected chi connectivity index (χ4v) is 4.41. The Morgan fingerprint density at radius 2 is 1.88 bits per heavy atom. The number of hydrogen-bond acceptors (Lipinski definition) is 5. The van der Waals surface area contributed by atoms with Gasteiger partial charge in [0.2, 0.25) is 5.91 Å². The quantitative estimate of drug-likeness (QED) is 0.549. The van der Waals surface area contributed by atoms with Gasteiger partial charge in [0.1, 0.15) is 5.82 Å². The van der Waals surface area contributed by atoms with Gasteiger partial charge in [0.15, 0.2) is 0 Å². The average Bonchev–Trinajstić information content (AvgIpc) is 2.84. The first kappa shape index (κ1) is 22.1. The average molecular weight is 431 g/mol. The van der Waals surface area contributed by atoms with Gasteiger partial charge < -0.3 is 9.64 Å². The zero-order valence-electron chi connectivity index (χ0n) is 18.8.